The molecule has 1 saturated heterocycles. The van der Waals surface area contributed by atoms with Gasteiger partial charge in [-0.15, -0.1) is 0 Å². The van der Waals surface area contributed by atoms with Gasteiger partial charge in [0.05, 0.1) is 25.2 Å². The van der Waals surface area contributed by atoms with E-state index in [2.05, 4.69) is 0 Å². The second kappa shape index (κ2) is 5.72. The summed E-state index contributed by atoms with van der Waals surface area (Å²) in [5, 5.41) is 9.15. The normalized spacial score (nSPS) is 34.8. The van der Waals surface area contributed by atoms with Crippen LogP contribution in [-0.2, 0) is 14.3 Å². The van der Waals surface area contributed by atoms with Gasteiger partial charge in [-0.25, -0.2) is 0 Å². The molecule has 5 heteroatoms. The first-order valence-corrected chi connectivity index (χ1v) is 7.78. The van der Waals surface area contributed by atoms with E-state index in [-0.39, 0.29) is 23.8 Å². The first kappa shape index (κ1) is 13.9. The van der Waals surface area contributed by atoms with Crippen LogP contribution < -0.4 is 0 Å². The fourth-order valence-electron chi connectivity index (χ4n) is 3.64. The van der Waals surface area contributed by atoms with Crippen molar-refractivity contribution in [2.24, 2.45) is 17.8 Å². The largest absolute Gasteiger partial charge is 0.481 e. The highest BCUT2D eigenvalue weighted by molar-refractivity contribution is 5.80. The van der Waals surface area contributed by atoms with Crippen molar-refractivity contribution in [3.8, 4) is 0 Å². The Morgan fingerprint density at radius 1 is 1.10 bits per heavy atom. The minimum absolute atomic E-state index is 0.0933. The second-order valence-electron chi connectivity index (χ2n) is 6.41. The van der Waals surface area contributed by atoms with Crippen molar-refractivity contribution in [3.05, 3.63) is 0 Å². The first-order valence-electron chi connectivity index (χ1n) is 7.78. The summed E-state index contributed by atoms with van der Waals surface area (Å²) in [7, 11) is 0. The summed E-state index contributed by atoms with van der Waals surface area (Å²) in [6.45, 7) is 1.95. The van der Waals surface area contributed by atoms with Crippen LogP contribution in [0.4, 0.5) is 0 Å². The zero-order valence-corrected chi connectivity index (χ0v) is 11.8. The van der Waals surface area contributed by atoms with Crippen molar-refractivity contribution in [3.63, 3.8) is 0 Å². The molecular weight excluding hydrogens is 258 g/mol. The fourth-order valence-corrected chi connectivity index (χ4v) is 3.64. The molecule has 3 unspecified atom stereocenters. The maximum atomic E-state index is 12.7. The number of aliphatic carboxylic acids is 1. The molecule has 2 aliphatic carbocycles. The van der Waals surface area contributed by atoms with E-state index >= 15 is 0 Å². The predicted octanol–water partition coefficient (Wildman–Crippen LogP) is 1.51. The summed E-state index contributed by atoms with van der Waals surface area (Å²) >= 11 is 0. The van der Waals surface area contributed by atoms with E-state index in [1.165, 1.54) is 12.8 Å². The standard InChI is InChI=1S/C15H23NO4/c17-14(11-2-1-3-12(8-11)15(18)19)16-6-7-20-9-13(16)10-4-5-10/h10-13H,1-9H2,(H,18,19). The highest BCUT2D eigenvalue weighted by Crippen LogP contribution is 2.38. The quantitative estimate of drug-likeness (QED) is 0.851. The van der Waals surface area contributed by atoms with Gasteiger partial charge in [-0.1, -0.05) is 6.42 Å². The lowest BCUT2D eigenvalue weighted by Gasteiger charge is -2.39. The van der Waals surface area contributed by atoms with Gasteiger partial charge >= 0.3 is 5.97 Å². The molecule has 1 N–H and O–H groups in total. The van der Waals surface area contributed by atoms with E-state index in [1.807, 2.05) is 4.90 Å². The zero-order chi connectivity index (χ0) is 14.1. The Kier molecular flexibility index (Phi) is 3.96. The summed E-state index contributed by atoms with van der Waals surface area (Å²) in [5.74, 6) is -0.389. The van der Waals surface area contributed by atoms with Crippen molar-refractivity contribution in [2.75, 3.05) is 19.8 Å². The van der Waals surface area contributed by atoms with Gasteiger partial charge in [0.1, 0.15) is 0 Å². The Bertz CT molecular complexity index is 393. The summed E-state index contributed by atoms with van der Waals surface area (Å²) < 4.78 is 5.52. The van der Waals surface area contributed by atoms with Crippen LogP contribution in [0.15, 0.2) is 0 Å². The molecule has 0 aromatic rings. The lowest BCUT2D eigenvalue weighted by atomic mass is 9.80. The van der Waals surface area contributed by atoms with Gasteiger partial charge in [-0.3, -0.25) is 9.59 Å². The third kappa shape index (κ3) is 2.82. The molecule has 3 atom stereocenters. The number of carbonyl (C=O) groups is 2. The molecule has 112 valence electrons. The summed E-state index contributed by atoms with van der Waals surface area (Å²) in [5.41, 5.74) is 0. The summed E-state index contributed by atoms with van der Waals surface area (Å²) in [6, 6.07) is 0.237. The smallest absolute Gasteiger partial charge is 0.306 e. The van der Waals surface area contributed by atoms with Crippen LogP contribution in [0, 0.1) is 17.8 Å². The third-order valence-corrected chi connectivity index (χ3v) is 4.99. The number of nitrogens with zero attached hydrogens (tertiary/aromatic N) is 1. The van der Waals surface area contributed by atoms with Crippen molar-refractivity contribution < 1.29 is 19.4 Å². The maximum absolute atomic E-state index is 12.7. The number of carboxylic acid groups (broad SMARTS) is 1. The SMILES string of the molecule is O=C(O)C1CCCC(C(=O)N2CCOCC2C2CC2)C1. The lowest BCUT2D eigenvalue weighted by Crippen LogP contribution is -2.52. The Balaban J connectivity index is 1.65. The van der Waals surface area contributed by atoms with Gasteiger partial charge in [0.2, 0.25) is 5.91 Å². The molecule has 5 nitrogen and oxygen atoms in total. The van der Waals surface area contributed by atoms with Gasteiger partial charge in [0.15, 0.2) is 0 Å². The monoisotopic (exact) mass is 281 g/mol. The van der Waals surface area contributed by atoms with E-state index in [1.54, 1.807) is 0 Å². The average molecular weight is 281 g/mol. The molecule has 1 heterocycles. The Labute approximate surface area is 119 Å². The van der Waals surface area contributed by atoms with Crippen LogP contribution in [-0.4, -0.2) is 47.7 Å². The first-order chi connectivity index (χ1) is 9.66. The van der Waals surface area contributed by atoms with Gasteiger partial charge in [0, 0.05) is 12.5 Å². The molecule has 1 aliphatic heterocycles. The molecule has 0 bridgehead atoms. The van der Waals surface area contributed by atoms with Crippen LogP contribution in [0.3, 0.4) is 0 Å². The van der Waals surface area contributed by atoms with Gasteiger partial charge in [0.25, 0.3) is 0 Å². The molecular formula is C15H23NO4. The number of hydrogen-bond acceptors (Lipinski definition) is 3. The van der Waals surface area contributed by atoms with Crippen molar-refractivity contribution in [1.82, 2.24) is 4.90 Å². The van der Waals surface area contributed by atoms with Gasteiger partial charge in [-0.05, 0) is 38.0 Å². The van der Waals surface area contributed by atoms with Crippen LogP contribution in [0.5, 0.6) is 0 Å². The molecule has 0 spiro atoms. The van der Waals surface area contributed by atoms with Crippen molar-refractivity contribution >= 4 is 11.9 Å². The molecule has 3 aliphatic rings. The van der Waals surface area contributed by atoms with E-state index in [4.69, 9.17) is 9.84 Å². The van der Waals surface area contributed by atoms with Crippen LogP contribution in [0.1, 0.15) is 38.5 Å². The van der Waals surface area contributed by atoms with E-state index in [9.17, 15) is 9.59 Å². The molecule has 0 aromatic carbocycles. The molecule has 3 rings (SSSR count). The number of rotatable bonds is 3. The minimum atomic E-state index is -0.747. The summed E-state index contributed by atoms with van der Waals surface area (Å²) in [4.78, 5) is 25.9. The highest BCUT2D eigenvalue weighted by atomic mass is 16.5. The van der Waals surface area contributed by atoms with Gasteiger partial charge < -0.3 is 14.7 Å². The number of carbonyl (C=O) groups excluding carboxylic acids is 1. The maximum Gasteiger partial charge on any atom is 0.306 e. The van der Waals surface area contributed by atoms with Crippen LogP contribution in [0.25, 0.3) is 0 Å². The zero-order valence-electron chi connectivity index (χ0n) is 11.8. The molecule has 3 fully saturated rings. The number of amides is 1. The Morgan fingerprint density at radius 2 is 1.85 bits per heavy atom. The summed E-state index contributed by atoms with van der Waals surface area (Å²) in [6.07, 6.45) is 5.32. The van der Waals surface area contributed by atoms with Crippen LogP contribution >= 0.6 is 0 Å². The average Bonchev–Trinajstić information content (AvgIpc) is 3.31. The number of ether oxygens (including phenoxy) is 1. The van der Waals surface area contributed by atoms with E-state index in [0.29, 0.717) is 38.5 Å². The lowest BCUT2D eigenvalue weighted by molar-refractivity contribution is -0.149. The number of carboxylic acids is 1. The van der Waals surface area contributed by atoms with E-state index < -0.39 is 5.97 Å². The molecule has 20 heavy (non-hydrogen) atoms. The van der Waals surface area contributed by atoms with Gasteiger partial charge in [-0.2, -0.15) is 0 Å². The molecule has 1 amide bonds. The topological polar surface area (TPSA) is 66.8 Å². The minimum Gasteiger partial charge on any atom is -0.481 e. The van der Waals surface area contributed by atoms with Crippen LogP contribution in [0.2, 0.25) is 0 Å². The number of hydrogen-bond donors (Lipinski definition) is 1. The Hall–Kier alpha value is -1.10. The fraction of sp³-hybridized carbons (Fsp3) is 0.867. The highest BCUT2D eigenvalue weighted by Gasteiger charge is 2.42. The van der Waals surface area contributed by atoms with E-state index in [0.717, 1.165) is 12.8 Å². The molecule has 0 aromatic heterocycles. The predicted molar refractivity (Wildman–Crippen MR) is 72.1 cm³/mol. The molecule has 0 radical (unpaired) electrons. The third-order valence-electron chi connectivity index (χ3n) is 4.99. The second-order valence-corrected chi connectivity index (χ2v) is 6.41. The molecule has 2 saturated carbocycles. The van der Waals surface area contributed by atoms with Crippen molar-refractivity contribution in [2.45, 2.75) is 44.6 Å². The number of morpholine rings is 1. The Morgan fingerprint density at radius 3 is 2.55 bits per heavy atom. The van der Waals surface area contributed by atoms with Crippen molar-refractivity contribution in [1.29, 1.82) is 0 Å².